The van der Waals surface area contributed by atoms with Gasteiger partial charge < -0.3 is 10.6 Å². The van der Waals surface area contributed by atoms with Crippen LogP contribution in [0.4, 0.5) is 0 Å². The van der Waals surface area contributed by atoms with E-state index in [0.717, 1.165) is 26.1 Å². The molecular formula is C6H13N3. The summed E-state index contributed by atoms with van der Waals surface area (Å²) in [6, 6.07) is 0. The second-order valence-corrected chi connectivity index (χ2v) is 2.17. The quantitative estimate of drug-likeness (QED) is 0.540. The number of nitrogens with zero attached hydrogens (tertiary/aromatic N) is 2. The van der Waals surface area contributed by atoms with Gasteiger partial charge in [0.25, 0.3) is 0 Å². The number of guanidine groups is 1. The Bertz CT molecular complexity index is 119. The van der Waals surface area contributed by atoms with E-state index >= 15 is 0 Å². The Morgan fingerprint density at radius 3 is 3.00 bits per heavy atom. The highest BCUT2D eigenvalue weighted by molar-refractivity contribution is 5.78. The predicted molar refractivity (Wildman–Crippen MR) is 38.4 cm³/mol. The van der Waals surface area contributed by atoms with Gasteiger partial charge >= 0.3 is 0 Å². The fourth-order valence-electron chi connectivity index (χ4n) is 0.990. The molecule has 0 aliphatic carbocycles. The second kappa shape index (κ2) is 2.71. The zero-order valence-electron chi connectivity index (χ0n) is 5.80. The summed E-state index contributed by atoms with van der Waals surface area (Å²) in [5, 5.41) is 0. The summed E-state index contributed by atoms with van der Waals surface area (Å²) in [6.07, 6.45) is 1.15. The van der Waals surface area contributed by atoms with Gasteiger partial charge in [0.1, 0.15) is 0 Å². The summed E-state index contributed by atoms with van der Waals surface area (Å²) in [5.41, 5.74) is 5.57. The summed E-state index contributed by atoms with van der Waals surface area (Å²) >= 11 is 0. The maximum atomic E-state index is 5.57. The lowest BCUT2D eigenvalue weighted by molar-refractivity contribution is 0.408. The molecule has 0 aromatic heterocycles. The third-order valence-corrected chi connectivity index (χ3v) is 1.57. The fourth-order valence-corrected chi connectivity index (χ4v) is 0.990. The maximum Gasteiger partial charge on any atom is 0.191 e. The molecule has 0 bridgehead atoms. The molecule has 0 fully saturated rings. The summed E-state index contributed by atoms with van der Waals surface area (Å²) in [4.78, 5) is 6.19. The van der Waals surface area contributed by atoms with Crippen molar-refractivity contribution in [3.8, 4) is 0 Å². The van der Waals surface area contributed by atoms with Crippen molar-refractivity contribution in [2.45, 2.75) is 13.3 Å². The summed E-state index contributed by atoms with van der Waals surface area (Å²) in [6.45, 7) is 5.05. The first-order valence-electron chi connectivity index (χ1n) is 3.39. The topological polar surface area (TPSA) is 41.6 Å². The van der Waals surface area contributed by atoms with Gasteiger partial charge in [0, 0.05) is 19.6 Å². The molecule has 1 aliphatic rings. The molecule has 0 spiro atoms. The number of hydrogen-bond donors (Lipinski definition) is 1. The van der Waals surface area contributed by atoms with Crippen molar-refractivity contribution in [3.63, 3.8) is 0 Å². The van der Waals surface area contributed by atoms with Crippen LogP contribution in [0.2, 0.25) is 0 Å². The first-order chi connectivity index (χ1) is 4.34. The van der Waals surface area contributed by atoms with Crippen LogP contribution in [0, 0.1) is 0 Å². The molecule has 0 saturated carbocycles. The molecule has 0 amide bonds. The van der Waals surface area contributed by atoms with Crippen molar-refractivity contribution >= 4 is 5.96 Å². The highest BCUT2D eigenvalue weighted by atomic mass is 15.3. The molecule has 52 valence electrons. The van der Waals surface area contributed by atoms with Crippen molar-refractivity contribution in [2.24, 2.45) is 10.7 Å². The van der Waals surface area contributed by atoms with Gasteiger partial charge in [-0.05, 0) is 13.3 Å². The van der Waals surface area contributed by atoms with E-state index in [4.69, 9.17) is 5.73 Å². The molecule has 0 saturated heterocycles. The first kappa shape index (κ1) is 6.39. The standard InChI is InChI=1S/C6H13N3/c1-2-9-5-3-4-8-6(9)7/h2-5H2,1H3,(H2,7,8). The van der Waals surface area contributed by atoms with Crippen LogP contribution in [-0.4, -0.2) is 30.5 Å². The molecule has 0 unspecified atom stereocenters. The van der Waals surface area contributed by atoms with Gasteiger partial charge in [-0.25, -0.2) is 0 Å². The normalized spacial score (nSPS) is 19.7. The molecule has 1 heterocycles. The molecule has 0 radical (unpaired) electrons. The lowest BCUT2D eigenvalue weighted by Gasteiger charge is -2.24. The van der Waals surface area contributed by atoms with E-state index in [9.17, 15) is 0 Å². The minimum Gasteiger partial charge on any atom is -0.370 e. The van der Waals surface area contributed by atoms with Crippen molar-refractivity contribution in [3.05, 3.63) is 0 Å². The van der Waals surface area contributed by atoms with Crippen LogP contribution in [0.5, 0.6) is 0 Å². The van der Waals surface area contributed by atoms with Crippen LogP contribution in [0.1, 0.15) is 13.3 Å². The van der Waals surface area contributed by atoms with Gasteiger partial charge in [0.05, 0.1) is 0 Å². The Balaban J connectivity index is 2.50. The number of nitrogens with two attached hydrogens (primary N) is 1. The van der Waals surface area contributed by atoms with Crippen molar-refractivity contribution in [1.82, 2.24) is 4.90 Å². The van der Waals surface area contributed by atoms with E-state index in [0.29, 0.717) is 5.96 Å². The van der Waals surface area contributed by atoms with Gasteiger partial charge in [-0.2, -0.15) is 0 Å². The molecule has 0 aromatic carbocycles. The van der Waals surface area contributed by atoms with Gasteiger partial charge in [0.15, 0.2) is 5.96 Å². The maximum absolute atomic E-state index is 5.57. The van der Waals surface area contributed by atoms with Crippen molar-refractivity contribution in [2.75, 3.05) is 19.6 Å². The van der Waals surface area contributed by atoms with E-state index in [2.05, 4.69) is 16.8 Å². The molecule has 9 heavy (non-hydrogen) atoms. The van der Waals surface area contributed by atoms with Crippen molar-refractivity contribution < 1.29 is 0 Å². The third kappa shape index (κ3) is 1.34. The van der Waals surface area contributed by atoms with Gasteiger partial charge in [0.2, 0.25) is 0 Å². The Hall–Kier alpha value is -0.730. The minimum absolute atomic E-state index is 0.712. The third-order valence-electron chi connectivity index (χ3n) is 1.57. The molecule has 1 rings (SSSR count). The molecule has 3 heteroatoms. The Labute approximate surface area is 55.6 Å². The van der Waals surface area contributed by atoms with Crippen LogP contribution >= 0.6 is 0 Å². The smallest absolute Gasteiger partial charge is 0.191 e. The largest absolute Gasteiger partial charge is 0.370 e. The van der Waals surface area contributed by atoms with Crippen molar-refractivity contribution in [1.29, 1.82) is 0 Å². The monoisotopic (exact) mass is 127 g/mol. The minimum atomic E-state index is 0.712. The Morgan fingerprint density at radius 1 is 1.78 bits per heavy atom. The SMILES string of the molecule is CCN1CCCN=C1N. The molecule has 0 aromatic rings. The average Bonchev–Trinajstić information content (AvgIpc) is 1.89. The zero-order valence-corrected chi connectivity index (χ0v) is 5.80. The van der Waals surface area contributed by atoms with Gasteiger partial charge in [-0.1, -0.05) is 0 Å². The van der Waals surface area contributed by atoms with Crippen LogP contribution < -0.4 is 5.73 Å². The lowest BCUT2D eigenvalue weighted by Crippen LogP contribution is -2.40. The van der Waals surface area contributed by atoms with E-state index in [1.807, 2.05) is 0 Å². The van der Waals surface area contributed by atoms with Gasteiger partial charge in [-0.15, -0.1) is 0 Å². The van der Waals surface area contributed by atoms with Crippen LogP contribution in [-0.2, 0) is 0 Å². The summed E-state index contributed by atoms with van der Waals surface area (Å²) < 4.78 is 0. The number of aliphatic imine (C=N–C) groups is 1. The number of hydrogen-bond acceptors (Lipinski definition) is 3. The molecule has 2 N–H and O–H groups in total. The molecular weight excluding hydrogens is 114 g/mol. The lowest BCUT2D eigenvalue weighted by atomic mass is 10.3. The highest BCUT2D eigenvalue weighted by Crippen LogP contribution is 1.97. The van der Waals surface area contributed by atoms with Crippen LogP contribution in [0.25, 0.3) is 0 Å². The van der Waals surface area contributed by atoms with E-state index in [-0.39, 0.29) is 0 Å². The van der Waals surface area contributed by atoms with E-state index in [1.54, 1.807) is 0 Å². The summed E-state index contributed by atoms with van der Waals surface area (Å²) in [5.74, 6) is 0.712. The molecule has 0 atom stereocenters. The van der Waals surface area contributed by atoms with E-state index < -0.39 is 0 Å². The Morgan fingerprint density at radius 2 is 2.56 bits per heavy atom. The van der Waals surface area contributed by atoms with Crippen LogP contribution in [0.3, 0.4) is 0 Å². The van der Waals surface area contributed by atoms with E-state index in [1.165, 1.54) is 0 Å². The first-order valence-corrected chi connectivity index (χ1v) is 3.39. The highest BCUT2D eigenvalue weighted by Gasteiger charge is 2.07. The Kier molecular flexibility index (Phi) is 1.92. The zero-order chi connectivity index (χ0) is 6.69. The molecule has 3 nitrogen and oxygen atoms in total. The second-order valence-electron chi connectivity index (χ2n) is 2.17. The van der Waals surface area contributed by atoms with Crippen LogP contribution in [0.15, 0.2) is 4.99 Å². The fraction of sp³-hybridized carbons (Fsp3) is 0.833. The summed E-state index contributed by atoms with van der Waals surface area (Å²) in [7, 11) is 0. The molecule has 1 aliphatic heterocycles. The predicted octanol–water partition coefficient (Wildman–Crippen LogP) is 0.0267. The average molecular weight is 127 g/mol. The van der Waals surface area contributed by atoms with Gasteiger partial charge in [-0.3, -0.25) is 4.99 Å². The number of rotatable bonds is 1.